The average molecular weight is 392 g/mol. The largest absolute Gasteiger partial charge is 3.00 e. The minimum Gasteiger partial charge on any atom is -1.00 e. The van der Waals surface area contributed by atoms with Crippen molar-refractivity contribution in [1.29, 1.82) is 0 Å². The second-order valence-corrected chi connectivity index (χ2v) is 4.67. The monoisotopic (exact) mass is 390 g/mol. The summed E-state index contributed by atoms with van der Waals surface area (Å²) in [6, 6.07) is 20.3. The Hall–Kier alpha value is -0.817. The molecule has 4 heteroatoms. The van der Waals surface area contributed by atoms with E-state index < -0.39 is 0 Å². The number of aromatic nitrogens is 1. The molecule has 1 radical (unpaired) electrons. The van der Waals surface area contributed by atoms with E-state index in [1.807, 2.05) is 0 Å². The van der Waals surface area contributed by atoms with Crippen molar-refractivity contribution in [2.45, 2.75) is 5.92 Å². The van der Waals surface area contributed by atoms with Crippen molar-refractivity contribution in [3.05, 3.63) is 77.5 Å². The summed E-state index contributed by atoms with van der Waals surface area (Å²) in [7, 11) is 0. The zero-order chi connectivity index (χ0) is 11.9. The van der Waals surface area contributed by atoms with Gasteiger partial charge in [-0.15, -0.1) is 6.07 Å². The van der Waals surface area contributed by atoms with Crippen molar-refractivity contribution < 1.29 is 51.0 Å². The van der Waals surface area contributed by atoms with Crippen molar-refractivity contribution in [3.8, 4) is 0 Å². The Bertz CT molecular complexity index is 731. The van der Waals surface area contributed by atoms with Gasteiger partial charge in [-0.3, -0.25) is 0 Å². The molecule has 4 rings (SSSR count). The molecule has 1 heterocycles. The molecule has 1 atom stereocenters. The maximum Gasteiger partial charge on any atom is 3.00 e. The van der Waals surface area contributed by atoms with Crippen LogP contribution in [0.2, 0.25) is 0 Å². The minimum atomic E-state index is 0. The van der Waals surface area contributed by atoms with Crippen molar-refractivity contribution >= 4 is 17.0 Å². The summed E-state index contributed by atoms with van der Waals surface area (Å²) in [5.74, 6) is 0.314. The van der Waals surface area contributed by atoms with E-state index in [0.29, 0.717) is 5.92 Å². The van der Waals surface area contributed by atoms with Gasteiger partial charge in [0, 0.05) is 5.92 Å². The number of nitrogens with one attached hydrogen (secondary N) is 1. The fourth-order valence-electron chi connectivity index (χ4n) is 2.68. The van der Waals surface area contributed by atoms with Crippen LogP contribution in [0.4, 0.5) is 0 Å². The van der Waals surface area contributed by atoms with E-state index >= 15 is 0 Å². The number of benzene rings is 2. The molecule has 21 heavy (non-hydrogen) atoms. The normalized spacial score (nSPS) is 14.8. The Morgan fingerprint density at radius 1 is 0.905 bits per heavy atom. The first-order valence-corrected chi connectivity index (χ1v) is 6.19. The fraction of sp³-hybridized carbons (Fsp3) is 0.0588. The van der Waals surface area contributed by atoms with Gasteiger partial charge in [0.1, 0.15) is 0 Å². The third-order valence-electron chi connectivity index (χ3n) is 3.58. The van der Waals surface area contributed by atoms with Crippen LogP contribution in [-0.4, -0.2) is 4.98 Å². The van der Waals surface area contributed by atoms with Gasteiger partial charge >= 0.3 is 26.2 Å². The van der Waals surface area contributed by atoms with Crippen LogP contribution in [-0.2, 0) is 26.2 Å². The van der Waals surface area contributed by atoms with Crippen LogP contribution in [0.15, 0.2) is 54.6 Å². The molecule has 1 unspecified atom stereocenters. The summed E-state index contributed by atoms with van der Waals surface area (Å²) >= 11 is 0. The first kappa shape index (κ1) is 18.2. The summed E-state index contributed by atoms with van der Waals surface area (Å²) in [4.78, 5) is 3.47. The van der Waals surface area contributed by atoms with E-state index in [-0.39, 0.29) is 51.0 Å². The number of fused-ring (bicyclic) bond motifs is 2. The Labute approximate surface area is 155 Å². The van der Waals surface area contributed by atoms with Crippen LogP contribution >= 0.6 is 0 Å². The molecule has 0 spiro atoms. The van der Waals surface area contributed by atoms with Crippen LogP contribution in [0.3, 0.4) is 0 Å². The van der Waals surface area contributed by atoms with Crippen LogP contribution in [0.25, 0.3) is 17.0 Å². The zero-order valence-corrected chi connectivity index (χ0v) is 15.1. The summed E-state index contributed by atoms with van der Waals surface area (Å²) < 4.78 is 0. The van der Waals surface area contributed by atoms with Gasteiger partial charge in [0.15, 0.2) is 0 Å². The maximum atomic E-state index is 3.47. The minimum absolute atomic E-state index is 0. The standard InChI is InChI=1S/C17H12N.2ClH.Zr/c1-3-7-14-12(5-1)9-10-15(14)17-11-13-6-2-4-8-16(13)18-17;;;/h1-10,15,18H;2*1H;/q-1;;;+3/p-2. The molecule has 1 aliphatic rings. The molecule has 2 aromatic carbocycles. The summed E-state index contributed by atoms with van der Waals surface area (Å²) in [6.45, 7) is 0. The molecule has 0 fully saturated rings. The summed E-state index contributed by atoms with van der Waals surface area (Å²) in [5.41, 5.74) is 4.98. The van der Waals surface area contributed by atoms with Crippen molar-refractivity contribution in [1.82, 2.24) is 4.98 Å². The van der Waals surface area contributed by atoms with E-state index in [0.717, 1.165) is 16.6 Å². The third-order valence-corrected chi connectivity index (χ3v) is 3.58. The molecule has 0 saturated heterocycles. The van der Waals surface area contributed by atoms with Crippen LogP contribution in [0.1, 0.15) is 22.7 Å². The quantitative estimate of drug-likeness (QED) is 0.468. The predicted octanol–water partition coefficient (Wildman–Crippen LogP) is -1.87. The van der Waals surface area contributed by atoms with Crippen molar-refractivity contribution in [2.24, 2.45) is 0 Å². The van der Waals surface area contributed by atoms with E-state index in [1.165, 1.54) is 11.1 Å². The summed E-state index contributed by atoms with van der Waals surface area (Å²) in [5, 5.41) is 1.16. The predicted molar refractivity (Wildman–Crippen MR) is 74.5 cm³/mol. The molecule has 3 aromatic rings. The number of hydrogen-bond donors (Lipinski definition) is 1. The zero-order valence-electron chi connectivity index (χ0n) is 11.1. The fourth-order valence-corrected chi connectivity index (χ4v) is 2.68. The molecule has 1 N–H and O–H groups in total. The van der Waals surface area contributed by atoms with Gasteiger partial charge < -0.3 is 29.8 Å². The molecular formula is C17H12Cl2NZr. The molecule has 0 saturated carbocycles. The number of hydrogen-bond acceptors (Lipinski definition) is 0. The number of aromatic amines is 1. The van der Waals surface area contributed by atoms with Gasteiger partial charge in [-0.05, 0) is 16.8 Å². The molecule has 1 aliphatic carbocycles. The molecule has 0 bridgehead atoms. The maximum absolute atomic E-state index is 3.47. The smallest absolute Gasteiger partial charge is 1.00 e. The van der Waals surface area contributed by atoms with Gasteiger partial charge in [0.25, 0.3) is 0 Å². The van der Waals surface area contributed by atoms with E-state index in [4.69, 9.17) is 0 Å². The molecule has 1 nitrogen and oxygen atoms in total. The molecule has 1 aromatic heterocycles. The molecular weight excluding hydrogens is 380 g/mol. The van der Waals surface area contributed by atoms with E-state index in [9.17, 15) is 0 Å². The van der Waals surface area contributed by atoms with Gasteiger partial charge in [0.2, 0.25) is 0 Å². The number of halogens is 2. The van der Waals surface area contributed by atoms with Crippen molar-refractivity contribution in [3.63, 3.8) is 0 Å². The SMILES string of the molecule is [Cl-].[Cl-].[Zr+3].[c-]1c(C2C=Cc3ccccc32)[nH]c2ccccc12. The summed E-state index contributed by atoms with van der Waals surface area (Å²) in [6.07, 6.45) is 4.44. The first-order valence-electron chi connectivity index (χ1n) is 6.19. The number of para-hydroxylation sites is 1. The molecule has 103 valence electrons. The van der Waals surface area contributed by atoms with Gasteiger partial charge in [0.05, 0.1) is 0 Å². The molecule has 0 amide bonds. The Balaban J connectivity index is 0.000000735. The number of allylic oxidation sites excluding steroid dienone is 1. The van der Waals surface area contributed by atoms with Gasteiger partial charge in [-0.25, -0.2) is 0 Å². The van der Waals surface area contributed by atoms with Crippen LogP contribution in [0.5, 0.6) is 0 Å². The van der Waals surface area contributed by atoms with Crippen LogP contribution in [0, 0.1) is 6.07 Å². The Morgan fingerprint density at radius 2 is 1.62 bits per heavy atom. The Kier molecular flexibility index (Phi) is 6.47. The van der Waals surface area contributed by atoms with E-state index in [2.05, 4.69) is 71.7 Å². The van der Waals surface area contributed by atoms with E-state index in [1.54, 1.807) is 0 Å². The Morgan fingerprint density at radius 3 is 2.43 bits per heavy atom. The van der Waals surface area contributed by atoms with Gasteiger partial charge in [-0.1, -0.05) is 54.1 Å². The second kappa shape index (κ2) is 7.45. The first-order chi connectivity index (χ1) is 8.92. The van der Waals surface area contributed by atoms with Gasteiger partial charge in [-0.2, -0.15) is 17.5 Å². The second-order valence-electron chi connectivity index (χ2n) is 4.67. The van der Waals surface area contributed by atoms with Crippen molar-refractivity contribution in [2.75, 3.05) is 0 Å². The number of rotatable bonds is 1. The molecule has 0 aliphatic heterocycles. The number of H-pyrrole nitrogens is 1. The van der Waals surface area contributed by atoms with Crippen LogP contribution < -0.4 is 24.8 Å². The third kappa shape index (κ3) is 3.18. The topological polar surface area (TPSA) is 15.8 Å². The average Bonchev–Trinajstić information content (AvgIpc) is 3.02.